The van der Waals surface area contributed by atoms with Crippen LogP contribution in [0.3, 0.4) is 0 Å². The summed E-state index contributed by atoms with van der Waals surface area (Å²) >= 11 is 6.45. The van der Waals surface area contributed by atoms with E-state index in [1.807, 2.05) is 49.4 Å². The third-order valence-corrected chi connectivity index (χ3v) is 7.44. The van der Waals surface area contributed by atoms with Gasteiger partial charge in [-0.2, -0.15) is 9.61 Å². The van der Waals surface area contributed by atoms with Crippen molar-refractivity contribution in [2.24, 2.45) is 4.99 Å². The number of aryl methyl sites for hydroxylation is 1. The molecule has 41 heavy (non-hydrogen) atoms. The molecule has 2 aromatic carbocycles. The SMILES string of the molecule is CCCCCCCCCCCCc1ccc(/N=C\OC(C)NCOc2nn3c(-c4ccccc4)n[nH]c3c2Cl)cc1. The Balaban J connectivity index is 1.11. The molecule has 220 valence electrons. The first-order valence-corrected chi connectivity index (χ1v) is 15.3. The Labute approximate surface area is 248 Å². The standard InChI is InChI=1S/C32H43ClN6O2/c1-3-4-5-6-7-8-9-10-11-13-16-26-19-21-28(22-20-26)35-24-40-25(2)34-23-41-32-29(33)31-37-36-30(39(31)38-32)27-17-14-12-15-18-27/h12,14-15,17-22,24-25,34,37H,3-11,13,16,23H2,1-2H3/b35-24-. The molecule has 9 heteroatoms. The summed E-state index contributed by atoms with van der Waals surface area (Å²) in [5.74, 6) is 0.966. The fraction of sp³-hybridized carbons (Fsp3) is 0.469. The lowest BCUT2D eigenvalue weighted by Gasteiger charge is -2.12. The zero-order valence-electron chi connectivity index (χ0n) is 24.3. The first-order valence-electron chi connectivity index (χ1n) is 15.0. The number of benzene rings is 2. The number of ether oxygens (including phenoxy) is 2. The Bertz CT molecular complexity index is 1320. The Morgan fingerprint density at radius 1 is 0.951 bits per heavy atom. The average Bonchev–Trinajstić information content (AvgIpc) is 3.55. The third kappa shape index (κ3) is 9.61. The molecule has 0 radical (unpaired) electrons. The number of nitrogens with one attached hydrogen (secondary N) is 2. The number of H-pyrrole nitrogens is 1. The molecular weight excluding hydrogens is 536 g/mol. The Morgan fingerprint density at radius 3 is 2.34 bits per heavy atom. The van der Waals surface area contributed by atoms with Crippen LogP contribution in [0.25, 0.3) is 17.0 Å². The van der Waals surface area contributed by atoms with Crippen LogP contribution in [0.4, 0.5) is 5.69 Å². The molecule has 1 unspecified atom stereocenters. The number of hydrogen-bond acceptors (Lipinski definition) is 6. The number of aromatic nitrogens is 4. The van der Waals surface area contributed by atoms with Crippen molar-refractivity contribution in [3.05, 3.63) is 65.2 Å². The van der Waals surface area contributed by atoms with Crippen LogP contribution in [0.5, 0.6) is 5.88 Å². The van der Waals surface area contributed by atoms with Crippen LogP contribution in [0.1, 0.15) is 83.6 Å². The molecular formula is C32H43ClN6O2. The van der Waals surface area contributed by atoms with Gasteiger partial charge in [0.1, 0.15) is 11.8 Å². The lowest BCUT2D eigenvalue weighted by molar-refractivity contribution is 0.136. The van der Waals surface area contributed by atoms with Crippen molar-refractivity contribution >= 4 is 29.3 Å². The van der Waals surface area contributed by atoms with Crippen LogP contribution in [0.15, 0.2) is 59.6 Å². The van der Waals surface area contributed by atoms with E-state index in [4.69, 9.17) is 21.1 Å². The molecule has 0 aliphatic heterocycles. The van der Waals surface area contributed by atoms with Gasteiger partial charge >= 0.3 is 0 Å². The highest BCUT2D eigenvalue weighted by Crippen LogP contribution is 2.30. The predicted molar refractivity (Wildman–Crippen MR) is 167 cm³/mol. The van der Waals surface area contributed by atoms with Gasteiger partial charge in [-0.25, -0.2) is 10.3 Å². The zero-order chi connectivity index (χ0) is 28.7. The van der Waals surface area contributed by atoms with Crippen LogP contribution in [0.2, 0.25) is 5.02 Å². The molecule has 4 rings (SSSR count). The minimum Gasteiger partial charge on any atom is -0.465 e. The van der Waals surface area contributed by atoms with Crippen molar-refractivity contribution in [3.8, 4) is 17.3 Å². The van der Waals surface area contributed by atoms with Gasteiger partial charge in [0.15, 0.2) is 24.1 Å². The summed E-state index contributed by atoms with van der Waals surface area (Å²) in [4.78, 5) is 4.41. The van der Waals surface area contributed by atoms with Crippen molar-refractivity contribution < 1.29 is 9.47 Å². The summed E-state index contributed by atoms with van der Waals surface area (Å²) in [6.45, 7) is 4.31. The zero-order valence-corrected chi connectivity index (χ0v) is 25.1. The van der Waals surface area contributed by atoms with Crippen molar-refractivity contribution in [1.29, 1.82) is 0 Å². The Morgan fingerprint density at radius 2 is 1.63 bits per heavy atom. The molecule has 2 heterocycles. The highest BCUT2D eigenvalue weighted by molar-refractivity contribution is 6.34. The van der Waals surface area contributed by atoms with E-state index in [-0.39, 0.29) is 13.0 Å². The Hall–Kier alpha value is -3.36. The van der Waals surface area contributed by atoms with Gasteiger partial charge in [-0.05, 0) is 37.5 Å². The fourth-order valence-electron chi connectivity index (χ4n) is 4.67. The van der Waals surface area contributed by atoms with Crippen LogP contribution in [-0.4, -0.2) is 39.2 Å². The lowest BCUT2D eigenvalue weighted by Crippen LogP contribution is -2.32. The van der Waals surface area contributed by atoms with Gasteiger partial charge in [-0.1, -0.05) is 119 Å². The summed E-state index contributed by atoms with van der Waals surface area (Å²) in [5, 5.41) is 15.2. The second-order valence-electron chi connectivity index (χ2n) is 10.4. The van der Waals surface area contributed by atoms with E-state index in [0.29, 0.717) is 22.4 Å². The van der Waals surface area contributed by atoms with E-state index in [1.165, 1.54) is 76.2 Å². The number of fused-ring (bicyclic) bond motifs is 1. The summed E-state index contributed by atoms with van der Waals surface area (Å²) in [6.07, 6.45) is 15.9. The number of aliphatic imine (C=N–C) groups is 1. The monoisotopic (exact) mass is 578 g/mol. The number of unbranched alkanes of at least 4 members (excludes halogenated alkanes) is 9. The molecule has 0 fully saturated rings. The fourth-order valence-corrected chi connectivity index (χ4v) is 4.89. The first kappa shape index (κ1) is 30.6. The highest BCUT2D eigenvalue weighted by atomic mass is 35.5. The van der Waals surface area contributed by atoms with Crippen molar-refractivity contribution in [2.45, 2.75) is 90.7 Å². The molecule has 0 saturated carbocycles. The van der Waals surface area contributed by atoms with Gasteiger partial charge in [0.05, 0.1) is 5.69 Å². The van der Waals surface area contributed by atoms with Crippen molar-refractivity contribution in [1.82, 2.24) is 25.1 Å². The average molecular weight is 579 g/mol. The van der Waals surface area contributed by atoms with Gasteiger partial charge in [0, 0.05) is 5.56 Å². The van der Waals surface area contributed by atoms with Crippen LogP contribution in [0, 0.1) is 0 Å². The smallest absolute Gasteiger partial charge is 0.256 e. The van der Waals surface area contributed by atoms with Crippen LogP contribution in [-0.2, 0) is 11.2 Å². The van der Waals surface area contributed by atoms with E-state index in [9.17, 15) is 0 Å². The molecule has 0 amide bonds. The van der Waals surface area contributed by atoms with Crippen molar-refractivity contribution in [3.63, 3.8) is 0 Å². The number of halogens is 1. The van der Waals surface area contributed by atoms with E-state index in [1.54, 1.807) is 4.52 Å². The first-order chi connectivity index (χ1) is 20.2. The quantitative estimate of drug-likeness (QED) is 0.0504. The van der Waals surface area contributed by atoms with Gasteiger partial charge in [0.25, 0.3) is 5.88 Å². The Kier molecular flexibility index (Phi) is 12.5. The summed E-state index contributed by atoms with van der Waals surface area (Å²) in [5.41, 5.74) is 3.72. The maximum absolute atomic E-state index is 6.45. The second-order valence-corrected chi connectivity index (χ2v) is 10.8. The van der Waals surface area contributed by atoms with Gasteiger partial charge < -0.3 is 9.47 Å². The molecule has 2 N–H and O–H groups in total. The number of hydrogen-bond donors (Lipinski definition) is 2. The minimum absolute atomic E-state index is 0.163. The van der Waals surface area contributed by atoms with E-state index >= 15 is 0 Å². The number of aromatic amines is 1. The molecule has 0 aliphatic carbocycles. The van der Waals surface area contributed by atoms with Crippen molar-refractivity contribution in [2.75, 3.05) is 6.73 Å². The molecule has 4 aromatic rings. The number of nitrogens with zero attached hydrogens (tertiary/aromatic N) is 4. The molecule has 2 aromatic heterocycles. The minimum atomic E-state index is -0.317. The van der Waals surface area contributed by atoms with Crippen LogP contribution < -0.4 is 10.1 Å². The second kappa shape index (κ2) is 16.8. The van der Waals surface area contributed by atoms with E-state index in [2.05, 4.69) is 44.7 Å². The van der Waals surface area contributed by atoms with Crippen LogP contribution >= 0.6 is 11.6 Å². The van der Waals surface area contributed by atoms with Gasteiger partial charge in [-0.15, -0.1) is 5.10 Å². The van der Waals surface area contributed by atoms with E-state index < -0.39 is 0 Å². The molecule has 0 bridgehead atoms. The summed E-state index contributed by atoms with van der Waals surface area (Å²) in [6, 6.07) is 18.2. The molecule has 0 spiro atoms. The normalized spacial score (nSPS) is 12.4. The predicted octanol–water partition coefficient (Wildman–Crippen LogP) is 8.49. The topological polar surface area (TPSA) is 88.8 Å². The largest absolute Gasteiger partial charge is 0.465 e. The van der Waals surface area contributed by atoms with Gasteiger partial charge in [-0.3, -0.25) is 5.10 Å². The third-order valence-electron chi connectivity index (χ3n) is 7.10. The summed E-state index contributed by atoms with van der Waals surface area (Å²) in [7, 11) is 0. The molecule has 1 atom stereocenters. The molecule has 0 aliphatic rings. The molecule has 0 saturated heterocycles. The number of rotatable bonds is 19. The molecule has 8 nitrogen and oxygen atoms in total. The lowest BCUT2D eigenvalue weighted by atomic mass is 10.0. The highest BCUT2D eigenvalue weighted by Gasteiger charge is 2.18. The maximum Gasteiger partial charge on any atom is 0.256 e. The van der Waals surface area contributed by atoms with Gasteiger partial charge in [0.2, 0.25) is 0 Å². The van der Waals surface area contributed by atoms with E-state index in [0.717, 1.165) is 17.7 Å². The summed E-state index contributed by atoms with van der Waals surface area (Å²) < 4.78 is 13.0. The maximum atomic E-state index is 6.45.